The van der Waals surface area contributed by atoms with Crippen molar-refractivity contribution in [3.8, 4) is 0 Å². The number of sulfone groups is 1. The third kappa shape index (κ3) is 8.37. The number of carbonyl (C=O) groups excluding carboxylic acids is 1. The molecule has 2 N–H and O–H groups in total. The fourth-order valence-electron chi connectivity index (χ4n) is 1.24. The van der Waals surface area contributed by atoms with Gasteiger partial charge >= 0.3 is 6.09 Å². The largest absolute Gasteiger partial charge is 0.444 e. The van der Waals surface area contributed by atoms with Crippen molar-refractivity contribution in [3.05, 3.63) is 0 Å². The molecule has 0 heterocycles. The van der Waals surface area contributed by atoms with Crippen molar-refractivity contribution in [2.75, 3.05) is 25.9 Å². The zero-order chi connectivity index (χ0) is 16.0. The molecule has 0 fully saturated rings. The highest BCUT2D eigenvalue weighted by molar-refractivity contribution is 7.92. The summed E-state index contributed by atoms with van der Waals surface area (Å²) in [5.41, 5.74) is -0.498. The first-order valence-electron chi connectivity index (χ1n) is 6.72. The zero-order valence-electron chi connectivity index (χ0n) is 13.4. The molecule has 0 radical (unpaired) electrons. The molecule has 1 amide bonds. The van der Waals surface area contributed by atoms with E-state index >= 15 is 0 Å². The summed E-state index contributed by atoms with van der Waals surface area (Å²) in [6, 6.07) is 0. The Balaban J connectivity index is 3.77. The average Bonchev–Trinajstić information content (AvgIpc) is 2.18. The first kappa shape index (κ1) is 19.2. The molecule has 0 aromatic heterocycles. The molecule has 0 aliphatic rings. The molecular weight excluding hydrogens is 280 g/mol. The minimum absolute atomic E-state index is 0.387. The Morgan fingerprint density at radius 2 is 1.65 bits per heavy atom. The Labute approximate surface area is 122 Å². The Hall–Kier alpha value is -0.820. The number of hydrogen-bond acceptors (Lipinski definition) is 5. The smallest absolute Gasteiger partial charge is 0.407 e. The van der Waals surface area contributed by atoms with E-state index in [4.69, 9.17) is 4.74 Å². The maximum absolute atomic E-state index is 11.5. The van der Waals surface area contributed by atoms with Crippen LogP contribution in [0.3, 0.4) is 0 Å². The van der Waals surface area contributed by atoms with Crippen LogP contribution in [0.2, 0.25) is 0 Å². The van der Waals surface area contributed by atoms with Gasteiger partial charge in [0.15, 0.2) is 9.84 Å². The van der Waals surface area contributed by atoms with Gasteiger partial charge in [-0.2, -0.15) is 0 Å². The second-order valence-electron chi connectivity index (χ2n) is 6.49. The summed E-state index contributed by atoms with van der Waals surface area (Å²) >= 11 is 0. The third-order valence-corrected chi connectivity index (χ3v) is 4.90. The Kier molecular flexibility index (Phi) is 6.97. The molecule has 0 aromatic carbocycles. The molecule has 0 rings (SSSR count). The number of alkyl carbamates (subject to hydrolysis) is 1. The van der Waals surface area contributed by atoms with Gasteiger partial charge in [-0.25, -0.2) is 13.2 Å². The molecule has 20 heavy (non-hydrogen) atoms. The quantitative estimate of drug-likeness (QED) is 0.693. The third-order valence-electron chi connectivity index (χ3n) is 2.75. The number of hydrogen-bond donors (Lipinski definition) is 2. The van der Waals surface area contributed by atoms with E-state index in [2.05, 4.69) is 10.6 Å². The molecule has 0 aliphatic carbocycles. The van der Waals surface area contributed by atoms with Crippen LogP contribution in [0.4, 0.5) is 4.79 Å². The van der Waals surface area contributed by atoms with Crippen molar-refractivity contribution in [2.45, 2.75) is 51.4 Å². The molecule has 7 heteroatoms. The van der Waals surface area contributed by atoms with Crippen LogP contribution in [0.25, 0.3) is 0 Å². The highest BCUT2D eigenvalue weighted by atomic mass is 32.2. The van der Waals surface area contributed by atoms with Crippen LogP contribution in [0, 0.1) is 0 Å². The summed E-state index contributed by atoms with van der Waals surface area (Å²) in [5.74, 6) is 0. The van der Waals surface area contributed by atoms with Gasteiger partial charge in [0.2, 0.25) is 0 Å². The molecule has 6 nitrogen and oxygen atoms in total. The summed E-state index contributed by atoms with van der Waals surface area (Å²) in [7, 11) is -3.08. The predicted molar refractivity (Wildman–Crippen MR) is 80.6 cm³/mol. The lowest BCUT2D eigenvalue weighted by atomic mass is 10.2. The first-order chi connectivity index (χ1) is 8.85. The lowest BCUT2D eigenvalue weighted by Crippen LogP contribution is -2.42. The SMILES string of the molecule is CC(C)(C)OC(=O)NCCCNCC(C)(C)S(C)(=O)=O. The fourth-order valence-corrected chi connectivity index (χ4v) is 1.60. The van der Waals surface area contributed by atoms with Gasteiger partial charge in [-0.1, -0.05) is 0 Å². The zero-order valence-corrected chi connectivity index (χ0v) is 14.2. The Bertz CT molecular complexity index is 411. The minimum atomic E-state index is -3.08. The number of amides is 1. The summed E-state index contributed by atoms with van der Waals surface area (Å²) in [6.07, 6.45) is 1.51. The highest BCUT2D eigenvalue weighted by Crippen LogP contribution is 2.13. The normalized spacial score (nSPS) is 13.1. The average molecular weight is 308 g/mol. The summed E-state index contributed by atoms with van der Waals surface area (Å²) in [5, 5.41) is 5.73. The molecule has 0 spiro atoms. The van der Waals surface area contributed by atoms with Gasteiger partial charge in [-0.15, -0.1) is 0 Å². The van der Waals surface area contributed by atoms with E-state index in [1.165, 1.54) is 6.26 Å². The van der Waals surface area contributed by atoms with Crippen LogP contribution in [-0.4, -0.2) is 50.7 Å². The predicted octanol–water partition coefficient (Wildman–Crippen LogP) is 1.31. The van der Waals surface area contributed by atoms with E-state index in [0.717, 1.165) is 0 Å². The molecule has 0 unspecified atom stereocenters. The van der Waals surface area contributed by atoms with Crippen LogP contribution in [0.5, 0.6) is 0 Å². The lowest BCUT2D eigenvalue weighted by Gasteiger charge is -2.23. The van der Waals surface area contributed by atoms with Crippen LogP contribution >= 0.6 is 0 Å². The highest BCUT2D eigenvalue weighted by Gasteiger charge is 2.29. The van der Waals surface area contributed by atoms with E-state index in [1.54, 1.807) is 34.6 Å². The second-order valence-corrected chi connectivity index (χ2v) is 9.14. The molecular formula is C13H28N2O4S. The van der Waals surface area contributed by atoms with E-state index in [9.17, 15) is 13.2 Å². The molecule has 0 atom stereocenters. The van der Waals surface area contributed by atoms with E-state index in [-0.39, 0.29) is 0 Å². The molecule has 0 saturated carbocycles. The number of ether oxygens (including phenoxy) is 1. The van der Waals surface area contributed by atoms with Gasteiger partial charge in [-0.3, -0.25) is 0 Å². The van der Waals surface area contributed by atoms with Gasteiger partial charge < -0.3 is 15.4 Å². The summed E-state index contributed by atoms with van der Waals surface area (Å²) in [6.45, 7) is 10.3. The van der Waals surface area contributed by atoms with E-state index in [1.807, 2.05) is 0 Å². The topological polar surface area (TPSA) is 84.5 Å². The first-order valence-corrected chi connectivity index (χ1v) is 8.61. The summed E-state index contributed by atoms with van der Waals surface area (Å²) in [4.78, 5) is 11.3. The van der Waals surface area contributed by atoms with Crippen molar-refractivity contribution in [1.29, 1.82) is 0 Å². The molecule has 0 aliphatic heterocycles. The Morgan fingerprint density at radius 3 is 2.10 bits per heavy atom. The van der Waals surface area contributed by atoms with Crippen molar-refractivity contribution in [2.24, 2.45) is 0 Å². The van der Waals surface area contributed by atoms with E-state index in [0.29, 0.717) is 26.1 Å². The Morgan fingerprint density at radius 1 is 1.10 bits per heavy atom. The molecule has 120 valence electrons. The summed E-state index contributed by atoms with van der Waals surface area (Å²) < 4.78 is 27.3. The molecule has 0 saturated heterocycles. The second kappa shape index (κ2) is 7.26. The standard InChI is InChI=1S/C13H28N2O4S/c1-12(2,3)19-11(16)15-9-7-8-14-10-13(4,5)20(6,17)18/h14H,7-10H2,1-6H3,(H,15,16). The minimum Gasteiger partial charge on any atom is -0.444 e. The van der Waals surface area contributed by atoms with Crippen LogP contribution < -0.4 is 10.6 Å². The van der Waals surface area contributed by atoms with Gasteiger partial charge in [0.1, 0.15) is 5.60 Å². The fraction of sp³-hybridized carbons (Fsp3) is 0.923. The van der Waals surface area contributed by atoms with Crippen LogP contribution in [0.15, 0.2) is 0 Å². The van der Waals surface area contributed by atoms with Crippen molar-refractivity contribution in [3.63, 3.8) is 0 Å². The lowest BCUT2D eigenvalue weighted by molar-refractivity contribution is 0.0527. The number of carbonyl (C=O) groups is 1. The van der Waals surface area contributed by atoms with Gasteiger partial charge in [0.25, 0.3) is 0 Å². The van der Waals surface area contributed by atoms with Crippen LogP contribution in [-0.2, 0) is 14.6 Å². The van der Waals surface area contributed by atoms with Gasteiger partial charge in [-0.05, 0) is 47.6 Å². The van der Waals surface area contributed by atoms with Gasteiger partial charge in [0, 0.05) is 19.3 Å². The molecule has 0 aromatic rings. The van der Waals surface area contributed by atoms with Crippen LogP contribution in [0.1, 0.15) is 41.0 Å². The maximum atomic E-state index is 11.5. The molecule has 0 bridgehead atoms. The van der Waals surface area contributed by atoms with E-state index < -0.39 is 26.3 Å². The van der Waals surface area contributed by atoms with Gasteiger partial charge in [0.05, 0.1) is 4.75 Å². The number of rotatable bonds is 7. The van der Waals surface area contributed by atoms with Crippen molar-refractivity contribution in [1.82, 2.24) is 10.6 Å². The monoisotopic (exact) mass is 308 g/mol. The maximum Gasteiger partial charge on any atom is 0.407 e. The number of nitrogens with one attached hydrogen (secondary N) is 2. The van der Waals surface area contributed by atoms with Crippen molar-refractivity contribution >= 4 is 15.9 Å². The van der Waals surface area contributed by atoms with Crippen molar-refractivity contribution < 1.29 is 17.9 Å².